The maximum absolute atomic E-state index is 12.3. The van der Waals surface area contributed by atoms with Gasteiger partial charge in [-0.15, -0.1) is 0 Å². The second-order valence-corrected chi connectivity index (χ2v) is 6.83. The Labute approximate surface area is 118 Å². The van der Waals surface area contributed by atoms with Crippen LogP contribution in [0, 0.1) is 0 Å². The third-order valence-electron chi connectivity index (χ3n) is 3.22. The second-order valence-electron chi connectivity index (χ2n) is 4.84. The standard InChI is InChI=1S/C12H18N4O3S/c1-20(18,19)16-4-2-15(3-5-16)12(17)9-6-10(13)8-11(14)7-9/h6-8H,2-5,13-14H2,1H3. The van der Waals surface area contributed by atoms with Gasteiger partial charge >= 0.3 is 0 Å². The first-order chi connectivity index (χ1) is 9.27. The van der Waals surface area contributed by atoms with Gasteiger partial charge in [0.05, 0.1) is 6.26 Å². The SMILES string of the molecule is CS(=O)(=O)N1CCN(C(=O)c2cc(N)cc(N)c2)CC1. The summed E-state index contributed by atoms with van der Waals surface area (Å²) in [5.41, 5.74) is 12.6. The number of nitrogens with two attached hydrogens (primary N) is 2. The van der Waals surface area contributed by atoms with Gasteiger partial charge in [-0.3, -0.25) is 4.79 Å². The molecule has 1 aliphatic rings. The zero-order valence-corrected chi connectivity index (χ0v) is 12.1. The lowest BCUT2D eigenvalue weighted by atomic mass is 10.1. The lowest BCUT2D eigenvalue weighted by Crippen LogP contribution is -2.50. The minimum Gasteiger partial charge on any atom is -0.399 e. The van der Waals surface area contributed by atoms with Crippen LogP contribution in [0.4, 0.5) is 11.4 Å². The lowest BCUT2D eigenvalue weighted by molar-refractivity contribution is 0.0698. The van der Waals surface area contributed by atoms with Gasteiger partial charge in [0.2, 0.25) is 10.0 Å². The largest absolute Gasteiger partial charge is 0.399 e. The summed E-state index contributed by atoms with van der Waals surface area (Å²) in [6.07, 6.45) is 1.17. The van der Waals surface area contributed by atoms with Crippen molar-refractivity contribution >= 4 is 27.3 Å². The van der Waals surface area contributed by atoms with Crippen molar-refractivity contribution in [1.82, 2.24) is 9.21 Å². The Balaban J connectivity index is 2.09. The van der Waals surface area contributed by atoms with Gasteiger partial charge in [-0.1, -0.05) is 0 Å². The predicted octanol–water partition coefficient (Wildman–Crippen LogP) is -0.432. The van der Waals surface area contributed by atoms with Crippen LogP contribution in [0.15, 0.2) is 18.2 Å². The molecule has 0 atom stereocenters. The van der Waals surface area contributed by atoms with Gasteiger partial charge < -0.3 is 16.4 Å². The average Bonchev–Trinajstić information content (AvgIpc) is 2.36. The molecule has 0 spiro atoms. The van der Waals surface area contributed by atoms with Crippen molar-refractivity contribution in [2.45, 2.75) is 0 Å². The summed E-state index contributed by atoms with van der Waals surface area (Å²) in [5.74, 6) is -0.183. The van der Waals surface area contributed by atoms with Crippen molar-refractivity contribution in [3.63, 3.8) is 0 Å². The number of nitrogens with zero attached hydrogens (tertiary/aromatic N) is 2. The third-order valence-corrected chi connectivity index (χ3v) is 4.52. The van der Waals surface area contributed by atoms with Crippen LogP contribution in [0.1, 0.15) is 10.4 Å². The molecular weight excluding hydrogens is 280 g/mol. The molecule has 8 heteroatoms. The van der Waals surface area contributed by atoms with E-state index in [2.05, 4.69) is 0 Å². The summed E-state index contributed by atoms with van der Waals surface area (Å²) in [4.78, 5) is 13.9. The number of sulfonamides is 1. The number of nitrogen functional groups attached to an aromatic ring is 2. The molecule has 4 N–H and O–H groups in total. The van der Waals surface area contributed by atoms with Crippen molar-refractivity contribution in [1.29, 1.82) is 0 Å². The van der Waals surface area contributed by atoms with E-state index in [1.165, 1.54) is 10.6 Å². The van der Waals surface area contributed by atoms with Crippen molar-refractivity contribution in [2.24, 2.45) is 0 Å². The van der Waals surface area contributed by atoms with E-state index in [9.17, 15) is 13.2 Å². The van der Waals surface area contributed by atoms with Crippen LogP contribution in [0.3, 0.4) is 0 Å². The monoisotopic (exact) mass is 298 g/mol. The molecule has 20 heavy (non-hydrogen) atoms. The molecule has 110 valence electrons. The number of hydrogen-bond donors (Lipinski definition) is 2. The molecule has 0 saturated carbocycles. The van der Waals surface area contributed by atoms with Crippen LogP contribution in [0.2, 0.25) is 0 Å². The molecule has 1 heterocycles. The summed E-state index contributed by atoms with van der Waals surface area (Å²) in [6, 6.07) is 4.72. The Morgan fingerprint density at radius 3 is 2.00 bits per heavy atom. The molecule has 1 amide bonds. The Kier molecular flexibility index (Phi) is 3.87. The number of rotatable bonds is 2. The minimum absolute atomic E-state index is 0.183. The number of anilines is 2. The summed E-state index contributed by atoms with van der Waals surface area (Å²) in [6.45, 7) is 1.34. The van der Waals surface area contributed by atoms with Crippen molar-refractivity contribution < 1.29 is 13.2 Å². The van der Waals surface area contributed by atoms with Crippen LogP contribution in [0.25, 0.3) is 0 Å². The van der Waals surface area contributed by atoms with E-state index >= 15 is 0 Å². The summed E-state index contributed by atoms with van der Waals surface area (Å²) < 4.78 is 24.2. The van der Waals surface area contributed by atoms with Gasteiger partial charge in [0.15, 0.2) is 0 Å². The van der Waals surface area contributed by atoms with Crippen LogP contribution in [0.5, 0.6) is 0 Å². The highest BCUT2D eigenvalue weighted by molar-refractivity contribution is 7.88. The van der Waals surface area contributed by atoms with Gasteiger partial charge in [-0.2, -0.15) is 4.31 Å². The number of carbonyl (C=O) groups is 1. The molecule has 0 aromatic heterocycles. The van der Waals surface area contributed by atoms with Crippen LogP contribution < -0.4 is 11.5 Å². The van der Waals surface area contributed by atoms with Gasteiger partial charge in [-0.25, -0.2) is 8.42 Å². The zero-order valence-electron chi connectivity index (χ0n) is 11.2. The molecule has 1 aromatic rings. The molecule has 0 unspecified atom stereocenters. The van der Waals surface area contributed by atoms with E-state index in [4.69, 9.17) is 11.5 Å². The molecule has 1 aliphatic heterocycles. The number of benzene rings is 1. The predicted molar refractivity (Wildman–Crippen MR) is 77.6 cm³/mol. The third kappa shape index (κ3) is 3.20. The van der Waals surface area contributed by atoms with Crippen LogP contribution in [-0.2, 0) is 10.0 Å². The molecule has 1 saturated heterocycles. The van der Waals surface area contributed by atoms with E-state index in [0.717, 1.165) is 0 Å². The number of carbonyl (C=O) groups excluding carboxylic acids is 1. The molecule has 7 nitrogen and oxygen atoms in total. The number of hydrogen-bond acceptors (Lipinski definition) is 5. The highest BCUT2D eigenvalue weighted by Gasteiger charge is 2.26. The average molecular weight is 298 g/mol. The molecule has 0 aliphatic carbocycles. The van der Waals surface area contributed by atoms with Gasteiger partial charge in [-0.05, 0) is 18.2 Å². The smallest absolute Gasteiger partial charge is 0.254 e. The van der Waals surface area contributed by atoms with E-state index in [0.29, 0.717) is 43.1 Å². The van der Waals surface area contributed by atoms with Gasteiger partial charge in [0, 0.05) is 43.1 Å². The molecule has 1 aromatic carbocycles. The van der Waals surface area contributed by atoms with E-state index in [1.807, 2.05) is 0 Å². The van der Waals surface area contributed by atoms with Crippen molar-refractivity contribution in [3.05, 3.63) is 23.8 Å². The molecule has 1 fully saturated rings. The maximum Gasteiger partial charge on any atom is 0.254 e. The molecule has 0 radical (unpaired) electrons. The molecule has 2 rings (SSSR count). The second kappa shape index (κ2) is 5.29. The zero-order chi connectivity index (χ0) is 14.9. The Hall–Kier alpha value is -1.80. The van der Waals surface area contributed by atoms with E-state index in [-0.39, 0.29) is 5.91 Å². The topological polar surface area (TPSA) is 110 Å². The number of piperazine rings is 1. The summed E-state index contributed by atoms with van der Waals surface area (Å²) >= 11 is 0. The first kappa shape index (κ1) is 14.6. The Bertz CT molecular complexity index is 601. The Morgan fingerprint density at radius 2 is 1.55 bits per heavy atom. The van der Waals surface area contributed by atoms with Gasteiger partial charge in [0.1, 0.15) is 0 Å². The molecular formula is C12H18N4O3S. The maximum atomic E-state index is 12.3. The van der Waals surface area contributed by atoms with Gasteiger partial charge in [0.25, 0.3) is 5.91 Å². The first-order valence-corrected chi connectivity index (χ1v) is 8.02. The Morgan fingerprint density at radius 1 is 1.05 bits per heavy atom. The van der Waals surface area contributed by atoms with Crippen molar-refractivity contribution in [2.75, 3.05) is 43.9 Å². The quantitative estimate of drug-likeness (QED) is 0.720. The van der Waals surface area contributed by atoms with Crippen LogP contribution >= 0.6 is 0 Å². The first-order valence-electron chi connectivity index (χ1n) is 6.18. The number of amides is 1. The fourth-order valence-electron chi connectivity index (χ4n) is 2.21. The lowest BCUT2D eigenvalue weighted by Gasteiger charge is -2.33. The highest BCUT2D eigenvalue weighted by Crippen LogP contribution is 2.17. The normalized spacial score (nSPS) is 17.1. The van der Waals surface area contributed by atoms with Crippen molar-refractivity contribution in [3.8, 4) is 0 Å². The minimum atomic E-state index is -3.20. The molecule has 0 bridgehead atoms. The fourth-order valence-corrected chi connectivity index (χ4v) is 3.03. The fraction of sp³-hybridized carbons (Fsp3) is 0.417. The van der Waals surface area contributed by atoms with E-state index < -0.39 is 10.0 Å². The van der Waals surface area contributed by atoms with E-state index in [1.54, 1.807) is 23.1 Å². The van der Waals surface area contributed by atoms with Crippen LogP contribution in [-0.4, -0.2) is 56.0 Å². The highest BCUT2D eigenvalue weighted by atomic mass is 32.2. The summed E-state index contributed by atoms with van der Waals surface area (Å²) in [5, 5.41) is 0. The summed E-state index contributed by atoms with van der Waals surface area (Å²) in [7, 11) is -3.20.